The van der Waals surface area contributed by atoms with Gasteiger partial charge in [0, 0.05) is 20.3 Å². The number of aliphatic imine (C=N–C) groups is 1. The normalized spacial score (nSPS) is 24.4. The molecule has 1 aromatic heterocycles. The number of hydrogen-bond acceptors (Lipinski definition) is 7. The van der Waals surface area contributed by atoms with E-state index in [-0.39, 0.29) is 16.7 Å². The number of ether oxygens (including phenoxy) is 1. The summed E-state index contributed by atoms with van der Waals surface area (Å²) in [4.78, 5) is 23.2. The minimum absolute atomic E-state index is 0.0445. The molecular formula is C24H46N4O5Si2. The highest BCUT2D eigenvalue weighted by atomic mass is 28.4. The molecule has 200 valence electrons. The molecule has 0 saturated carbocycles. The van der Waals surface area contributed by atoms with Gasteiger partial charge in [0.05, 0.1) is 12.9 Å². The highest BCUT2D eigenvalue weighted by molar-refractivity contribution is 6.74. The van der Waals surface area contributed by atoms with Crippen LogP contribution in [0.4, 0.5) is 5.82 Å². The third-order valence-electron chi connectivity index (χ3n) is 7.45. The van der Waals surface area contributed by atoms with E-state index in [0.29, 0.717) is 5.82 Å². The van der Waals surface area contributed by atoms with Crippen molar-refractivity contribution in [2.75, 3.05) is 20.7 Å². The first kappa shape index (κ1) is 29.9. The van der Waals surface area contributed by atoms with Gasteiger partial charge in [-0.2, -0.15) is 4.98 Å². The van der Waals surface area contributed by atoms with Gasteiger partial charge in [0.25, 0.3) is 0 Å². The maximum absolute atomic E-state index is 13.1. The lowest BCUT2D eigenvalue weighted by molar-refractivity contribution is -0.0529. The van der Waals surface area contributed by atoms with Crippen LogP contribution in [-0.4, -0.2) is 81.5 Å². The van der Waals surface area contributed by atoms with Crippen LogP contribution in [0.15, 0.2) is 22.1 Å². The second-order valence-corrected chi connectivity index (χ2v) is 22.1. The molecule has 9 nitrogen and oxygen atoms in total. The summed E-state index contributed by atoms with van der Waals surface area (Å²) < 4.78 is 21.4. The molecule has 1 N–H and O–H groups in total. The van der Waals surface area contributed by atoms with Crippen LogP contribution in [0.1, 0.15) is 47.8 Å². The Morgan fingerprint density at radius 1 is 1.09 bits per heavy atom. The molecule has 11 heteroatoms. The largest absolute Gasteiger partial charge is 0.408 e. The summed E-state index contributed by atoms with van der Waals surface area (Å²) in [5.74, 6) is 0.313. The van der Waals surface area contributed by atoms with E-state index in [1.165, 1.54) is 4.57 Å². The second kappa shape index (κ2) is 10.5. The molecule has 0 aliphatic carbocycles. The molecule has 0 unspecified atom stereocenters. The average Bonchev–Trinajstić information content (AvgIpc) is 3.00. The van der Waals surface area contributed by atoms with Crippen LogP contribution < -0.4 is 5.69 Å². The van der Waals surface area contributed by atoms with Crippen molar-refractivity contribution in [2.45, 2.75) is 102 Å². The van der Waals surface area contributed by atoms with Crippen LogP contribution in [0.25, 0.3) is 0 Å². The van der Waals surface area contributed by atoms with Crippen LogP contribution in [0.3, 0.4) is 0 Å². The Bertz CT molecular complexity index is 950. The van der Waals surface area contributed by atoms with Crippen molar-refractivity contribution in [1.29, 1.82) is 0 Å². The summed E-state index contributed by atoms with van der Waals surface area (Å²) in [6.07, 6.45) is 0.737. The molecular weight excluding hydrogens is 480 g/mol. The zero-order chi connectivity index (χ0) is 27.0. The molecule has 1 fully saturated rings. The molecule has 35 heavy (non-hydrogen) atoms. The van der Waals surface area contributed by atoms with E-state index in [9.17, 15) is 9.90 Å². The number of nitrogens with zero attached hydrogens (tertiary/aromatic N) is 4. The Hall–Kier alpha value is -1.38. The van der Waals surface area contributed by atoms with Crippen molar-refractivity contribution < 1.29 is 18.7 Å². The molecule has 4 atom stereocenters. The van der Waals surface area contributed by atoms with E-state index >= 15 is 0 Å². The van der Waals surface area contributed by atoms with Crippen LogP contribution in [0.5, 0.6) is 0 Å². The van der Waals surface area contributed by atoms with Gasteiger partial charge in [-0.3, -0.25) is 4.57 Å². The predicted octanol–water partition coefficient (Wildman–Crippen LogP) is 4.14. The number of aliphatic hydroxyl groups excluding tert-OH is 1. The molecule has 1 saturated heterocycles. The van der Waals surface area contributed by atoms with Crippen molar-refractivity contribution >= 4 is 28.8 Å². The summed E-state index contributed by atoms with van der Waals surface area (Å²) in [6, 6.07) is 1.67. The zero-order valence-electron chi connectivity index (χ0n) is 23.6. The quantitative estimate of drug-likeness (QED) is 0.309. The molecule has 1 aromatic rings. The molecule has 1 aliphatic rings. The Balaban J connectivity index is 2.56. The first-order valence-electron chi connectivity index (χ1n) is 12.2. The topological polar surface area (TPSA) is 98.4 Å². The minimum Gasteiger partial charge on any atom is -0.408 e. The summed E-state index contributed by atoms with van der Waals surface area (Å²) in [6.45, 7) is 21.5. The van der Waals surface area contributed by atoms with E-state index < -0.39 is 46.9 Å². The highest BCUT2D eigenvalue weighted by Gasteiger charge is 2.54. The van der Waals surface area contributed by atoms with Gasteiger partial charge in [0.1, 0.15) is 18.3 Å². The van der Waals surface area contributed by atoms with Crippen LogP contribution in [-0.2, 0) is 13.6 Å². The van der Waals surface area contributed by atoms with Gasteiger partial charge in [-0.25, -0.2) is 9.79 Å². The number of aliphatic hydroxyl groups is 1. The van der Waals surface area contributed by atoms with Crippen molar-refractivity contribution in [3.05, 3.63) is 22.7 Å². The third-order valence-corrected chi connectivity index (χ3v) is 16.4. The fraction of sp³-hybridized carbons (Fsp3) is 0.792. The summed E-state index contributed by atoms with van der Waals surface area (Å²) >= 11 is 0. The summed E-state index contributed by atoms with van der Waals surface area (Å²) in [5.41, 5.74) is -0.489. The Morgan fingerprint density at radius 3 is 2.03 bits per heavy atom. The van der Waals surface area contributed by atoms with Gasteiger partial charge in [-0.1, -0.05) is 41.5 Å². The van der Waals surface area contributed by atoms with Crippen molar-refractivity contribution in [3.8, 4) is 0 Å². The number of aromatic nitrogens is 2. The van der Waals surface area contributed by atoms with Crippen LogP contribution in [0.2, 0.25) is 36.3 Å². The van der Waals surface area contributed by atoms with Gasteiger partial charge in [-0.05, 0) is 42.3 Å². The van der Waals surface area contributed by atoms with E-state index in [0.717, 1.165) is 0 Å². The summed E-state index contributed by atoms with van der Waals surface area (Å²) in [7, 11) is -0.853. The SMILES string of the molecule is CN(C)/C=N\c1ccn([C@@H]2O[C@H](CO)[C@@H](O[Si](C)(C)C(C)(C)C)[C@@H]2O[Si](C)(C)C(C)(C)C)c(=O)n1. The van der Waals surface area contributed by atoms with E-state index in [1.54, 1.807) is 23.5 Å². The van der Waals surface area contributed by atoms with E-state index in [1.807, 2.05) is 14.1 Å². The molecule has 0 amide bonds. The van der Waals surface area contributed by atoms with Crippen LogP contribution >= 0.6 is 0 Å². The fourth-order valence-corrected chi connectivity index (χ4v) is 5.83. The molecule has 2 heterocycles. The molecule has 0 spiro atoms. The van der Waals surface area contributed by atoms with Gasteiger partial charge in [0.15, 0.2) is 28.7 Å². The first-order valence-corrected chi connectivity index (χ1v) is 18.0. The predicted molar refractivity (Wildman–Crippen MR) is 145 cm³/mol. The van der Waals surface area contributed by atoms with Crippen molar-refractivity contribution in [2.24, 2.45) is 4.99 Å². The Morgan fingerprint density at radius 2 is 1.60 bits per heavy atom. The van der Waals surface area contributed by atoms with Gasteiger partial charge in [-0.15, -0.1) is 0 Å². The molecule has 0 aromatic carbocycles. The lowest BCUT2D eigenvalue weighted by Gasteiger charge is -2.44. The number of hydrogen-bond donors (Lipinski definition) is 1. The average molecular weight is 527 g/mol. The lowest BCUT2D eigenvalue weighted by Crippen LogP contribution is -2.54. The van der Waals surface area contributed by atoms with Crippen molar-refractivity contribution in [3.63, 3.8) is 0 Å². The third kappa shape index (κ3) is 6.89. The van der Waals surface area contributed by atoms with E-state index in [4.69, 9.17) is 13.6 Å². The summed E-state index contributed by atoms with van der Waals surface area (Å²) in [5, 5.41) is 10.1. The van der Waals surface area contributed by atoms with Gasteiger partial charge < -0.3 is 23.6 Å². The highest BCUT2D eigenvalue weighted by Crippen LogP contribution is 2.45. The maximum Gasteiger partial charge on any atom is 0.351 e. The van der Waals surface area contributed by atoms with Crippen molar-refractivity contribution in [1.82, 2.24) is 14.5 Å². The lowest BCUT2D eigenvalue weighted by atomic mass is 10.1. The Labute approximate surface area is 212 Å². The van der Waals surface area contributed by atoms with Gasteiger partial charge in [0.2, 0.25) is 0 Å². The van der Waals surface area contributed by atoms with E-state index in [2.05, 4.69) is 77.7 Å². The standard InChI is InChI=1S/C24H46N4O5Si2/c1-23(2,3)34(9,10)32-19-17(15-29)31-21(20(19)33-35(11,12)24(4,5)6)28-14-13-18(26-22(28)30)25-16-27(7)8/h13-14,16-17,19-21,29H,15H2,1-12H3/b25-16-/t17-,19-,20+,21-/m1/s1. The molecule has 1 aliphatic heterocycles. The molecule has 0 radical (unpaired) electrons. The zero-order valence-corrected chi connectivity index (χ0v) is 25.6. The maximum atomic E-state index is 13.1. The minimum atomic E-state index is -2.29. The number of rotatable bonds is 8. The van der Waals surface area contributed by atoms with Crippen LogP contribution in [0, 0.1) is 0 Å². The monoisotopic (exact) mass is 526 g/mol. The first-order chi connectivity index (χ1) is 15.8. The fourth-order valence-electron chi connectivity index (χ4n) is 3.22. The van der Waals surface area contributed by atoms with Gasteiger partial charge >= 0.3 is 5.69 Å². The smallest absolute Gasteiger partial charge is 0.351 e. The molecule has 0 bridgehead atoms. The second-order valence-electron chi connectivity index (χ2n) is 12.6. The Kier molecular flexibility index (Phi) is 8.99. The molecule has 2 rings (SSSR count).